The normalized spacial score (nSPS) is 11.0. The van der Waals surface area contributed by atoms with Gasteiger partial charge in [-0.3, -0.25) is 14.4 Å². The van der Waals surface area contributed by atoms with Crippen molar-refractivity contribution in [1.29, 1.82) is 0 Å². The molecule has 2 N–H and O–H groups in total. The van der Waals surface area contributed by atoms with Crippen LogP contribution in [0.25, 0.3) is 0 Å². The smallest absolute Gasteiger partial charge is 0.416 e. The molecule has 0 saturated carbocycles. The summed E-state index contributed by atoms with van der Waals surface area (Å²) in [5, 5.41) is 12.0. The molecule has 0 atom stereocenters. The van der Waals surface area contributed by atoms with E-state index in [0.29, 0.717) is 23.5 Å². The fourth-order valence-corrected chi connectivity index (χ4v) is 5.57. The molecular formula is C42H37F3N2O8. The van der Waals surface area contributed by atoms with Gasteiger partial charge in [0.25, 0.3) is 5.91 Å². The predicted octanol–water partition coefficient (Wildman–Crippen LogP) is 7.85. The number of carbonyl (C=O) groups excluding carboxylic acids is 3. The van der Waals surface area contributed by atoms with Crippen molar-refractivity contribution in [2.45, 2.75) is 32.0 Å². The Morgan fingerprint density at radius 3 is 2.02 bits per heavy atom. The van der Waals surface area contributed by atoms with Crippen molar-refractivity contribution in [2.75, 3.05) is 25.6 Å². The Kier molecular flexibility index (Phi) is 13.3. The van der Waals surface area contributed by atoms with Crippen LogP contribution in [0.4, 0.5) is 18.9 Å². The molecule has 5 rings (SSSR count). The first-order valence-electron chi connectivity index (χ1n) is 17.1. The summed E-state index contributed by atoms with van der Waals surface area (Å²) in [6, 6.07) is 31.8. The zero-order valence-electron chi connectivity index (χ0n) is 29.7. The number of hydrogen-bond acceptors (Lipinski definition) is 7. The van der Waals surface area contributed by atoms with Crippen LogP contribution in [0, 0.1) is 0 Å². The summed E-state index contributed by atoms with van der Waals surface area (Å²) < 4.78 is 56.8. The van der Waals surface area contributed by atoms with Gasteiger partial charge in [0.05, 0.1) is 31.3 Å². The fraction of sp³-hybridized carbons (Fsp3) is 0.190. The molecule has 0 aromatic heterocycles. The van der Waals surface area contributed by atoms with Crippen molar-refractivity contribution in [2.24, 2.45) is 0 Å². The summed E-state index contributed by atoms with van der Waals surface area (Å²) in [7, 11) is 1.24. The second-order valence-corrected chi connectivity index (χ2v) is 12.4. The number of amides is 2. The van der Waals surface area contributed by atoms with Crippen molar-refractivity contribution < 1.29 is 51.7 Å². The molecule has 13 heteroatoms. The average molecular weight is 755 g/mol. The van der Waals surface area contributed by atoms with Crippen molar-refractivity contribution in [1.82, 2.24) is 4.90 Å². The highest BCUT2D eigenvalue weighted by molar-refractivity contribution is 5.97. The molecule has 0 fully saturated rings. The number of carboxylic acid groups (broad SMARTS) is 1. The number of alkyl halides is 3. The molecule has 0 aliphatic rings. The lowest BCUT2D eigenvalue weighted by Crippen LogP contribution is -2.35. The van der Waals surface area contributed by atoms with Crippen molar-refractivity contribution in [3.63, 3.8) is 0 Å². The Morgan fingerprint density at radius 2 is 1.38 bits per heavy atom. The molecule has 284 valence electrons. The van der Waals surface area contributed by atoms with E-state index in [2.05, 4.69) is 17.4 Å². The number of benzene rings is 5. The van der Waals surface area contributed by atoms with Crippen LogP contribution in [-0.2, 0) is 35.2 Å². The van der Waals surface area contributed by atoms with Gasteiger partial charge in [-0.1, -0.05) is 48.5 Å². The molecule has 0 unspecified atom stereocenters. The lowest BCUT2D eigenvalue weighted by molar-refractivity contribution is -0.139. The number of rotatable bonds is 16. The molecule has 10 nitrogen and oxygen atoms in total. The van der Waals surface area contributed by atoms with Crippen molar-refractivity contribution >= 4 is 29.4 Å². The highest BCUT2D eigenvalue weighted by atomic mass is 19.4. The van der Waals surface area contributed by atoms with E-state index in [1.165, 1.54) is 61.2 Å². The molecule has 0 radical (unpaired) electrons. The first-order valence-corrected chi connectivity index (χ1v) is 17.1. The number of anilines is 1. The topological polar surface area (TPSA) is 131 Å². The summed E-state index contributed by atoms with van der Waals surface area (Å²) >= 11 is 0. The summed E-state index contributed by atoms with van der Waals surface area (Å²) in [5.41, 5.74) is 1.21. The minimum Gasteiger partial charge on any atom is -0.497 e. The van der Waals surface area contributed by atoms with E-state index in [4.69, 9.17) is 14.2 Å². The number of hydrogen-bond donors (Lipinski definition) is 2. The van der Waals surface area contributed by atoms with Gasteiger partial charge in [-0.05, 0) is 102 Å². The van der Waals surface area contributed by atoms with E-state index in [-0.39, 0.29) is 34.9 Å². The van der Waals surface area contributed by atoms with Gasteiger partial charge >= 0.3 is 18.1 Å². The van der Waals surface area contributed by atoms with E-state index in [1.54, 1.807) is 36.4 Å². The first kappa shape index (κ1) is 39.6. The Labute approximate surface area is 315 Å². The number of halogens is 3. The molecule has 0 aliphatic carbocycles. The van der Waals surface area contributed by atoms with E-state index in [1.807, 2.05) is 18.2 Å². The molecule has 0 bridgehead atoms. The number of nitrogens with zero attached hydrogens (tertiary/aromatic N) is 1. The zero-order valence-corrected chi connectivity index (χ0v) is 29.7. The van der Waals surface area contributed by atoms with Crippen LogP contribution < -0.4 is 19.5 Å². The van der Waals surface area contributed by atoms with Crippen LogP contribution in [0.3, 0.4) is 0 Å². The highest BCUT2D eigenvalue weighted by Gasteiger charge is 2.34. The number of carboxylic acids is 1. The third kappa shape index (κ3) is 11.7. The Balaban J connectivity index is 1.13. The number of esters is 1. The van der Waals surface area contributed by atoms with Crippen LogP contribution in [0.1, 0.15) is 49.4 Å². The van der Waals surface area contributed by atoms with Crippen LogP contribution in [-0.4, -0.2) is 54.0 Å². The van der Waals surface area contributed by atoms with Crippen LogP contribution in [0.5, 0.6) is 17.2 Å². The fourth-order valence-electron chi connectivity index (χ4n) is 5.57. The number of aliphatic carboxylic acids is 1. The van der Waals surface area contributed by atoms with Crippen molar-refractivity contribution in [3.8, 4) is 17.2 Å². The van der Waals surface area contributed by atoms with E-state index < -0.39 is 48.5 Å². The predicted molar refractivity (Wildman–Crippen MR) is 197 cm³/mol. The summed E-state index contributed by atoms with van der Waals surface area (Å²) in [5.74, 6) is -2.30. The van der Waals surface area contributed by atoms with Crippen LogP contribution in [0.2, 0.25) is 0 Å². The average Bonchev–Trinajstić information content (AvgIpc) is 3.17. The number of aryl methyl sites for hydroxylation is 1. The largest absolute Gasteiger partial charge is 0.497 e. The van der Waals surface area contributed by atoms with Gasteiger partial charge in [0.2, 0.25) is 5.91 Å². The maximum atomic E-state index is 13.6. The maximum Gasteiger partial charge on any atom is 0.416 e. The van der Waals surface area contributed by atoms with Gasteiger partial charge in [-0.15, -0.1) is 0 Å². The second kappa shape index (κ2) is 18.4. The van der Waals surface area contributed by atoms with Crippen LogP contribution in [0.15, 0.2) is 121 Å². The maximum absolute atomic E-state index is 13.6. The zero-order chi connectivity index (χ0) is 39.4. The first-order chi connectivity index (χ1) is 26.4. The quantitative estimate of drug-likeness (QED) is 0.0592. The number of carbonyl (C=O) groups is 4. The summed E-state index contributed by atoms with van der Waals surface area (Å²) in [4.78, 5) is 51.5. The van der Waals surface area contributed by atoms with E-state index in [0.717, 1.165) is 23.8 Å². The van der Waals surface area contributed by atoms with Gasteiger partial charge in [0.1, 0.15) is 23.8 Å². The van der Waals surface area contributed by atoms with E-state index >= 15 is 0 Å². The summed E-state index contributed by atoms with van der Waals surface area (Å²) in [6.45, 7) is -0.183. The lowest BCUT2D eigenvalue weighted by atomic mass is 10.0. The molecular weight excluding hydrogens is 717 g/mol. The van der Waals surface area contributed by atoms with E-state index in [9.17, 15) is 37.5 Å². The van der Waals surface area contributed by atoms with Crippen molar-refractivity contribution in [3.05, 3.63) is 155 Å². The second-order valence-electron chi connectivity index (χ2n) is 12.4. The lowest BCUT2D eigenvalue weighted by Gasteiger charge is -2.21. The Hall–Kier alpha value is -6.63. The monoisotopic (exact) mass is 754 g/mol. The molecule has 2 amide bonds. The highest BCUT2D eigenvalue weighted by Crippen LogP contribution is 2.35. The van der Waals surface area contributed by atoms with Gasteiger partial charge in [0, 0.05) is 17.8 Å². The molecule has 0 saturated heterocycles. The molecule has 0 spiro atoms. The van der Waals surface area contributed by atoms with Gasteiger partial charge in [-0.25, -0.2) is 4.79 Å². The van der Waals surface area contributed by atoms with Gasteiger partial charge in [0.15, 0.2) is 0 Å². The molecule has 55 heavy (non-hydrogen) atoms. The van der Waals surface area contributed by atoms with Gasteiger partial charge in [-0.2, -0.15) is 13.2 Å². The summed E-state index contributed by atoms with van der Waals surface area (Å²) in [6.07, 6.45) is -3.53. The number of methoxy groups -OCH3 is 1. The minimum atomic E-state index is -4.70. The third-order valence-electron chi connectivity index (χ3n) is 8.32. The Morgan fingerprint density at radius 1 is 0.745 bits per heavy atom. The molecule has 0 heterocycles. The number of ether oxygens (including phenoxy) is 3. The SMILES string of the molecule is COc1ccc(CC(=O)Nc2ccc(C(=O)N(CC(=O)O)Cc3ccc(OC(=O)c4ccc(OCCCc5ccccc5)cc4)cc3)cc2)c(C(F)(F)F)c1. The molecule has 5 aromatic carbocycles. The van der Waals surface area contributed by atoms with Crippen LogP contribution >= 0.6 is 0 Å². The minimum absolute atomic E-state index is 0.00124. The molecule has 5 aromatic rings. The standard InChI is InChI=1S/C42H37F3N2O8/c1-53-36-22-15-32(37(25-36)42(43,44)45)24-38(48)46-33-16-11-30(12-17-33)40(51)47(27-39(49)50)26-29-9-18-35(19-10-29)55-41(52)31-13-20-34(21-14-31)54-23-5-8-28-6-3-2-4-7-28/h2-4,6-7,9-22,25H,5,8,23-24,26-27H2,1H3,(H,46,48)(H,49,50). The molecule has 0 aliphatic heterocycles. The Bertz CT molecular complexity index is 2090. The third-order valence-corrected chi connectivity index (χ3v) is 8.32. The number of nitrogens with one attached hydrogen (secondary N) is 1. The van der Waals surface area contributed by atoms with Gasteiger partial charge < -0.3 is 29.5 Å².